The van der Waals surface area contributed by atoms with E-state index in [4.69, 9.17) is 32.7 Å². The first-order valence-corrected chi connectivity index (χ1v) is 8.35. The molecule has 0 fully saturated rings. The maximum Gasteiger partial charge on any atom is 0.153 e. The number of aromatic nitrogens is 1. The normalized spacial score (nSPS) is 10.2. The van der Waals surface area contributed by atoms with E-state index in [0.717, 1.165) is 22.3 Å². The second kappa shape index (κ2) is 8.04. The van der Waals surface area contributed by atoms with Gasteiger partial charge in [-0.05, 0) is 48.5 Å². The zero-order chi connectivity index (χ0) is 18.5. The molecule has 0 aliphatic heterocycles. The monoisotopic (exact) mass is 385 g/mol. The molecule has 0 radical (unpaired) electrons. The summed E-state index contributed by atoms with van der Waals surface area (Å²) < 4.78 is 5.72. The summed E-state index contributed by atoms with van der Waals surface area (Å²) in [5, 5.41) is 11.1. The van der Waals surface area contributed by atoms with Gasteiger partial charge in [-0.25, -0.2) is 0 Å². The molecule has 26 heavy (non-hydrogen) atoms. The number of carbonyl (C=O) groups excluding carboxylic acids is 1. The van der Waals surface area contributed by atoms with Gasteiger partial charge in [0.05, 0.1) is 5.56 Å². The molecule has 0 saturated heterocycles. The van der Waals surface area contributed by atoms with Crippen molar-refractivity contribution in [3.63, 3.8) is 0 Å². The number of furan rings is 1. The van der Waals surface area contributed by atoms with Crippen molar-refractivity contribution in [2.75, 3.05) is 0 Å². The molecule has 0 atom stereocenters. The molecule has 0 spiro atoms. The van der Waals surface area contributed by atoms with E-state index in [2.05, 4.69) is 4.98 Å². The number of phenols is 1. The quantitative estimate of drug-likeness (QED) is 0.429. The molecule has 2 aromatic heterocycles. The van der Waals surface area contributed by atoms with Gasteiger partial charge >= 0.3 is 0 Å². The molecule has 2 aromatic carbocycles. The maximum absolute atomic E-state index is 10.1. The van der Waals surface area contributed by atoms with Crippen molar-refractivity contribution in [2.24, 2.45) is 0 Å². The van der Waals surface area contributed by atoms with Gasteiger partial charge in [0.15, 0.2) is 6.29 Å². The number of pyridine rings is 1. The third kappa shape index (κ3) is 4.23. The minimum atomic E-state index is -0.0810. The van der Waals surface area contributed by atoms with E-state index in [1.54, 1.807) is 18.5 Å². The highest BCUT2D eigenvalue weighted by molar-refractivity contribution is 6.31. The fourth-order valence-electron chi connectivity index (χ4n) is 2.28. The fraction of sp³-hybridized carbons (Fsp3) is 0. The molecule has 0 amide bonds. The lowest BCUT2D eigenvalue weighted by molar-refractivity contribution is 0.112. The van der Waals surface area contributed by atoms with Crippen LogP contribution >= 0.6 is 23.2 Å². The maximum atomic E-state index is 10.1. The lowest BCUT2D eigenvalue weighted by atomic mass is 10.2. The van der Waals surface area contributed by atoms with Gasteiger partial charge < -0.3 is 9.52 Å². The largest absolute Gasteiger partial charge is 0.507 e. The Morgan fingerprint density at radius 3 is 2.31 bits per heavy atom. The molecule has 4 aromatic rings. The van der Waals surface area contributed by atoms with Crippen LogP contribution in [0.2, 0.25) is 10.0 Å². The zero-order valence-electron chi connectivity index (χ0n) is 13.4. The van der Waals surface area contributed by atoms with Gasteiger partial charge in [0.1, 0.15) is 17.1 Å². The van der Waals surface area contributed by atoms with Gasteiger partial charge in [0, 0.05) is 39.5 Å². The van der Waals surface area contributed by atoms with Crippen molar-refractivity contribution in [1.82, 2.24) is 4.98 Å². The molecule has 0 saturated carbocycles. The Hall–Kier alpha value is -2.82. The first-order chi connectivity index (χ1) is 12.6. The second-order valence-corrected chi connectivity index (χ2v) is 6.22. The van der Waals surface area contributed by atoms with E-state index in [0.29, 0.717) is 16.3 Å². The first kappa shape index (κ1) is 18.0. The minimum absolute atomic E-state index is 0.0810. The minimum Gasteiger partial charge on any atom is -0.507 e. The summed E-state index contributed by atoms with van der Waals surface area (Å²) in [7, 11) is 0. The van der Waals surface area contributed by atoms with Crippen LogP contribution < -0.4 is 0 Å². The number of hydrogen-bond donors (Lipinski definition) is 1. The molecule has 0 aliphatic rings. The molecule has 1 N–H and O–H groups in total. The number of aromatic hydroxyl groups is 1. The average molecular weight is 386 g/mol. The number of fused-ring (bicyclic) bond motifs is 1. The van der Waals surface area contributed by atoms with Gasteiger partial charge in [-0.2, -0.15) is 0 Å². The summed E-state index contributed by atoms with van der Waals surface area (Å²) in [5.74, 6) is 0.752. The molecule has 0 bridgehead atoms. The van der Waals surface area contributed by atoms with Gasteiger partial charge in [-0.1, -0.05) is 23.2 Å². The molecule has 2 heterocycles. The lowest BCUT2D eigenvalue weighted by Crippen LogP contribution is -1.78. The SMILES string of the molecule is Clc1ccc2cc(-c3ccncc3)oc2c1.O=Cc1ccc(Cl)cc1O. The summed E-state index contributed by atoms with van der Waals surface area (Å²) in [6, 6.07) is 15.8. The van der Waals surface area contributed by atoms with E-state index in [1.165, 1.54) is 12.1 Å². The fourth-order valence-corrected chi connectivity index (χ4v) is 2.61. The zero-order valence-corrected chi connectivity index (χ0v) is 14.9. The number of benzene rings is 2. The van der Waals surface area contributed by atoms with Crippen LogP contribution in [0.1, 0.15) is 10.4 Å². The third-order valence-corrected chi connectivity index (χ3v) is 4.04. The highest BCUT2D eigenvalue weighted by atomic mass is 35.5. The average Bonchev–Trinajstić information content (AvgIpc) is 3.06. The Labute approximate surface area is 159 Å². The van der Waals surface area contributed by atoms with Crippen LogP contribution in [0, 0.1) is 0 Å². The van der Waals surface area contributed by atoms with Crippen molar-refractivity contribution in [1.29, 1.82) is 0 Å². The first-order valence-electron chi connectivity index (χ1n) is 7.60. The number of rotatable bonds is 2. The Balaban J connectivity index is 0.000000170. The van der Waals surface area contributed by atoms with E-state index in [9.17, 15) is 4.79 Å². The molecule has 0 unspecified atom stereocenters. The van der Waals surface area contributed by atoms with Gasteiger partial charge in [-0.15, -0.1) is 0 Å². The third-order valence-electron chi connectivity index (χ3n) is 3.57. The summed E-state index contributed by atoms with van der Waals surface area (Å²) in [6.07, 6.45) is 4.07. The van der Waals surface area contributed by atoms with Crippen LogP contribution in [0.3, 0.4) is 0 Å². The van der Waals surface area contributed by atoms with Crippen LogP contribution in [0.4, 0.5) is 0 Å². The van der Waals surface area contributed by atoms with E-state index < -0.39 is 0 Å². The topological polar surface area (TPSA) is 63.3 Å². The van der Waals surface area contributed by atoms with Crippen LogP contribution in [0.15, 0.2) is 71.4 Å². The number of aldehydes is 1. The highest BCUT2D eigenvalue weighted by Crippen LogP contribution is 2.29. The highest BCUT2D eigenvalue weighted by Gasteiger charge is 2.05. The Bertz CT molecular complexity index is 1050. The molecular weight excluding hydrogens is 373 g/mol. The summed E-state index contributed by atoms with van der Waals surface area (Å²) >= 11 is 11.4. The van der Waals surface area contributed by atoms with Gasteiger partial charge in [0.2, 0.25) is 0 Å². The van der Waals surface area contributed by atoms with E-state index in [1.807, 2.05) is 36.4 Å². The van der Waals surface area contributed by atoms with Crippen molar-refractivity contribution in [3.8, 4) is 17.1 Å². The number of halogens is 2. The van der Waals surface area contributed by atoms with Crippen molar-refractivity contribution >= 4 is 40.5 Å². The number of carbonyl (C=O) groups is 1. The molecule has 4 rings (SSSR count). The standard InChI is InChI=1S/C13H8ClNO.C7H5ClO2/c14-11-2-1-10-7-12(16-13(10)8-11)9-3-5-15-6-4-9;8-6-2-1-5(4-9)7(10)3-6/h1-8H;1-4,10H. The van der Waals surface area contributed by atoms with Gasteiger partial charge in [-0.3, -0.25) is 9.78 Å². The van der Waals surface area contributed by atoms with Crippen molar-refractivity contribution < 1.29 is 14.3 Å². The number of hydrogen-bond acceptors (Lipinski definition) is 4. The van der Waals surface area contributed by atoms with Crippen molar-refractivity contribution in [2.45, 2.75) is 0 Å². The Morgan fingerprint density at radius 1 is 0.923 bits per heavy atom. The summed E-state index contributed by atoms with van der Waals surface area (Å²) in [4.78, 5) is 14.1. The lowest BCUT2D eigenvalue weighted by Gasteiger charge is -1.94. The number of phenolic OH excluding ortho intramolecular Hbond substituents is 1. The van der Waals surface area contributed by atoms with Crippen LogP contribution in [0.5, 0.6) is 5.75 Å². The summed E-state index contributed by atoms with van der Waals surface area (Å²) in [5.41, 5.74) is 2.08. The van der Waals surface area contributed by atoms with Crippen LogP contribution in [-0.4, -0.2) is 16.4 Å². The number of nitrogens with zero attached hydrogens (tertiary/aromatic N) is 1. The predicted octanol–water partition coefficient (Wildman–Crippen LogP) is 6.01. The smallest absolute Gasteiger partial charge is 0.153 e. The molecular formula is C20H13Cl2NO3. The van der Waals surface area contributed by atoms with Crippen LogP contribution in [-0.2, 0) is 0 Å². The molecule has 0 aliphatic carbocycles. The Morgan fingerprint density at radius 2 is 1.62 bits per heavy atom. The van der Waals surface area contributed by atoms with Crippen molar-refractivity contribution in [3.05, 3.63) is 82.6 Å². The molecule has 4 nitrogen and oxygen atoms in total. The van der Waals surface area contributed by atoms with E-state index >= 15 is 0 Å². The Kier molecular flexibility index (Phi) is 5.56. The molecule has 6 heteroatoms. The second-order valence-electron chi connectivity index (χ2n) is 5.35. The predicted molar refractivity (Wildman–Crippen MR) is 103 cm³/mol. The molecule has 130 valence electrons. The summed E-state index contributed by atoms with van der Waals surface area (Å²) in [6.45, 7) is 0. The van der Waals surface area contributed by atoms with Crippen LogP contribution in [0.25, 0.3) is 22.3 Å². The van der Waals surface area contributed by atoms with Gasteiger partial charge in [0.25, 0.3) is 0 Å². The van der Waals surface area contributed by atoms with E-state index in [-0.39, 0.29) is 11.3 Å².